The Bertz CT molecular complexity index is 429. The lowest BCUT2D eigenvalue weighted by molar-refractivity contribution is 0.461. The van der Waals surface area contributed by atoms with Crippen LogP contribution in [0.2, 0.25) is 0 Å². The molecular weight excluding hydrogens is 286 g/mol. The zero-order valence-corrected chi connectivity index (χ0v) is 12.5. The van der Waals surface area contributed by atoms with E-state index in [1.165, 1.54) is 54.1 Å². The summed E-state index contributed by atoms with van der Waals surface area (Å²) in [5.74, 6) is 0.769. The molecule has 1 aromatic rings. The van der Waals surface area contributed by atoms with Crippen LogP contribution in [0, 0.1) is 0 Å². The average molecular weight is 308 g/mol. The molecule has 0 aliphatic heterocycles. The van der Waals surface area contributed by atoms with Crippen LogP contribution in [0.3, 0.4) is 0 Å². The summed E-state index contributed by atoms with van der Waals surface area (Å²) < 4.78 is 1.28. The van der Waals surface area contributed by atoms with Gasteiger partial charge in [-0.05, 0) is 48.8 Å². The van der Waals surface area contributed by atoms with Gasteiger partial charge < -0.3 is 5.73 Å². The van der Waals surface area contributed by atoms with Gasteiger partial charge in [0.05, 0.1) is 0 Å². The van der Waals surface area contributed by atoms with E-state index in [1.807, 2.05) is 0 Å². The van der Waals surface area contributed by atoms with Crippen LogP contribution < -0.4 is 5.73 Å². The van der Waals surface area contributed by atoms with Gasteiger partial charge in [-0.3, -0.25) is 0 Å². The van der Waals surface area contributed by atoms with Crippen LogP contribution in [-0.2, 0) is 5.54 Å². The van der Waals surface area contributed by atoms with E-state index in [1.54, 1.807) is 0 Å². The third-order valence-corrected chi connectivity index (χ3v) is 5.55. The molecule has 2 heteroatoms. The molecule has 3 rings (SSSR count). The van der Waals surface area contributed by atoms with Gasteiger partial charge in [0.25, 0.3) is 0 Å². The normalized spacial score (nSPS) is 23.7. The van der Waals surface area contributed by atoms with Crippen molar-refractivity contribution in [1.82, 2.24) is 0 Å². The maximum Gasteiger partial charge on any atom is 0.0410 e. The van der Waals surface area contributed by atoms with E-state index >= 15 is 0 Å². The highest BCUT2D eigenvalue weighted by atomic mass is 79.9. The predicted molar refractivity (Wildman–Crippen MR) is 79.7 cm³/mol. The molecule has 0 amide bonds. The Labute approximate surface area is 118 Å². The molecule has 2 aliphatic rings. The van der Waals surface area contributed by atoms with Crippen LogP contribution in [0.1, 0.15) is 68.4 Å². The van der Waals surface area contributed by atoms with Gasteiger partial charge in [0, 0.05) is 10.0 Å². The second-order valence-corrected chi connectivity index (χ2v) is 6.94. The number of hydrogen-bond acceptors (Lipinski definition) is 1. The highest BCUT2D eigenvalue weighted by molar-refractivity contribution is 9.10. The molecule has 0 radical (unpaired) electrons. The summed E-state index contributed by atoms with van der Waals surface area (Å²) >= 11 is 3.77. The van der Waals surface area contributed by atoms with E-state index in [4.69, 9.17) is 5.73 Å². The maximum atomic E-state index is 6.53. The zero-order valence-electron chi connectivity index (χ0n) is 10.9. The Kier molecular flexibility index (Phi) is 3.50. The Hall–Kier alpha value is -0.340. The first-order chi connectivity index (χ1) is 8.69. The van der Waals surface area contributed by atoms with E-state index < -0.39 is 0 Å². The molecule has 2 saturated carbocycles. The molecule has 1 nitrogen and oxygen atoms in total. The van der Waals surface area contributed by atoms with Gasteiger partial charge in [0.2, 0.25) is 0 Å². The van der Waals surface area contributed by atoms with E-state index in [0.717, 1.165) is 18.8 Å². The number of halogens is 1. The Balaban J connectivity index is 1.88. The Morgan fingerprint density at radius 1 is 1.06 bits per heavy atom. The van der Waals surface area contributed by atoms with Crippen LogP contribution in [0.15, 0.2) is 22.7 Å². The topological polar surface area (TPSA) is 26.0 Å². The molecule has 2 fully saturated rings. The molecule has 0 bridgehead atoms. The summed E-state index contributed by atoms with van der Waals surface area (Å²) in [5.41, 5.74) is 9.30. The standard InChI is InChI=1S/C16H22BrN/c17-15-11-13(16(18)9-3-4-10-16)7-8-14(15)12-5-1-2-6-12/h7-8,11-12H,1-6,9-10,18H2. The third-order valence-electron chi connectivity index (χ3n) is 4.87. The average Bonchev–Trinajstić information content (AvgIpc) is 3.00. The minimum absolute atomic E-state index is 0.0588. The van der Waals surface area contributed by atoms with Crippen LogP contribution in [0.5, 0.6) is 0 Å². The lowest BCUT2D eigenvalue weighted by atomic mass is 9.87. The minimum Gasteiger partial charge on any atom is -0.321 e. The van der Waals surface area contributed by atoms with Crippen molar-refractivity contribution in [2.75, 3.05) is 0 Å². The highest BCUT2D eigenvalue weighted by Crippen LogP contribution is 2.41. The predicted octanol–water partition coefficient (Wildman–Crippen LogP) is 4.83. The Morgan fingerprint density at radius 2 is 1.72 bits per heavy atom. The van der Waals surface area contributed by atoms with Crippen molar-refractivity contribution in [2.24, 2.45) is 5.73 Å². The van der Waals surface area contributed by atoms with Crippen molar-refractivity contribution in [2.45, 2.75) is 62.8 Å². The van der Waals surface area contributed by atoms with Gasteiger partial charge in [-0.1, -0.05) is 53.7 Å². The molecular formula is C16H22BrN. The first-order valence-electron chi connectivity index (χ1n) is 7.28. The van der Waals surface area contributed by atoms with Gasteiger partial charge in [-0.25, -0.2) is 0 Å². The molecule has 0 aromatic heterocycles. The number of benzene rings is 1. The summed E-state index contributed by atoms with van der Waals surface area (Å²) in [4.78, 5) is 0. The fourth-order valence-electron chi connectivity index (χ4n) is 3.70. The summed E-state index contributed by atoms with van der Waals surface area (Å²) in [5, 5.41) is 0. The number of rotatable bonds is 2. The maximum absolute atomic E-state index is 6.53. The highest BCUT2D eigenvalue weighted by Gasteiger charge is 2.31. The number of nitrogens with two attached hydrogens (primary N) is 1. The fraction of sp³-hybridized carbons (Fsp3) is 0.625. The monoisotopic (exact) mass is 307 g/mol. The van der Waals surface area contributed by atoms with Crippen molar-refractivity contribution in [1.29, 1.82) is 0 Å². The quantitative estimate of drug-likeness (QED) is 0.831. The largest absolute Gasteiger partial charge is 0.321 e. The van der Waals surface area contributed by atoms with Crippen LogP contribution >= 0.6 is 15.9 Å². The first-order valence-corrected chi connectivity index (χ1v) is 8.07. The van der Waals surface area contributed by atoms with Gasteiger partial charge in [0.1, 0.15) is 0 Å². The minimum atomic E-state index is -0.0588. The molecule has 1 aromatic carbocycles. The second-order valence-electron chi connectivity index (χ2n) is 6.08. The van der Waals surface area contributed by atoms with Crippen molar-refractivity contribution < 1.29 is 0 Å². The summed E-state index contributed by atoms with van der Waals surface area (Å²) in [7, 11) is 0. The van der Waals surface area contributed by atoms with Crippen LogP contribution in [0.4, 0.5) is 0 Å². The third kappa shape index (κ3) is 2.25. The second kappa shape index (κ2) is 4.97. The van der Waals surface area contributed by atoms with E-state index in [-0.39, 0.29) is 5.54 Å². The first kappa shape index (κ1) is 12.7. The van der Waals surface area contributed by atoms with E-state index in [2.05, 4.69) is 34.1 Å². The molecule has 0 unspecified atom stereocenters. The lowest BCUT2D eigenvalue weighted by Crippen LogP contribution is -2.33. The zero-order chi connectivity index (χ0) is 12.6. The molecule has 98 valence electrons. The summed E-state index contributed by atoms with van der Waals surface area (Å²) in [6, 6.07) is 6.89. The van der Waals surface area contributed by atoms with Crippen molar-refractivity contribution in [3.8, 4) is 0 Å². The van der Waals surface area contributed by atoms with Gasteiger partial charge in [0.15, 0.2) is 0 Å². The molecule has 18 heavy (non-hydrogen) atoms. The molecule has 2 aliphatic carbocycles. The van der Waals surface area contributed by atoms with Crippen molar-refractivity contribution in [3.63, 3.8) is 0 Å². The smallest absolute Gasteiger partial charge is 0.0410 e. The molecule has 0 atom stereocenters. The number of hydrogen-bond donors (Lipinski definition) is 1. The lowest BCUT2D eigenvalue weighted by Gasteiger charge is -2.25. The van der Waals surface area contributed by atoms with Gasteiger partial charge in [-0.15, -0.1) is 0 Å². The fourth-order valence-corrected chi connectivity index (χ4v) is 4.40. The Morgan fingerprint density at radius 3 is 2.33 bits per heavy atom. The van der Waals surface area contributed by atoms with Gasteiger partial charge >= 0.3 is 0 Å². The molecule has 0 spiro atoms. The van der Waals surface area contributed by atoms with Gasteiger partial charge in [-0.2, -0.15) is 0 Å². The van der Waals surface area contributed by atoms with Crippen molar-refractivity contribution >= 4 is 15.9 Å². The van der Waals surface area contributed by atoms with E-state index in [0.29, 0.717) is 0 Å². The van der Waals surface area contributed by atoms with Crippen LogP contribution in [-0.4, -0.2) is 0 Å². The molecule has 2 N–H and O–H groups in total. The van der Waals surface area contributed by atoms with Crippen molar-refractivity contribution in [3.05, 3.63) is 33.8 Å². The molecule has 0 saturated heterocycles. The van der Waals surface area contributed by atoms with Crippen LogP contribution in [0.25, 0.3) is 0 Å². The summed E-state index contributed by atoms with van der Waals surface area (Å²) in [6.45, 7) is 0. The summed E-state index contributed by atoms with van der Waals surface area (Å²) in [6.07, 6.45) is 10.3. The molecule has 0 heterocycles. The van der Waals surface area contributed by atoms with E-state index in [9.17, 15) is 0 Å². The SMILES string of the molecule is NC1(c2ccc(C3CCCC3)c(Br)c2)CCCC1.